The number of nitrogens with zero attached hydrogens (tertiary/aromatic N) is 4. The zero-order valence-electron chi connectivity index (χ0n) is 13.9. The number of rotatable bonds is 4. The Bertz CT molecular complexity index is 708. The van der Waals surface area contributed by atoms with Gasteiger partial charge in [0.05, 0.1) is 6.20 Å². The Hall–Kier alpha value is -1.82. The van der Waals surface area contributed by atoms with Crippen molar-refractivity contribution >= 4 is 16.0 Å². The lowest BCUT2D eigenvalue weighted by Gasteiger charge is -2.32. The molecule has 8 nitrogen and oxygen atoms in total. The molecule has 0 aliphatic carbocycles. The number of piperidine rings is 1. The van der Waals surface area contributed by atoms with Crippen LogP contribution in [0.25, 0.3) is 0 Å². The van der Waals surface area contributed by atoms with Crippen LogP contribution in [0.4, 0.5) is 13.2 Å². The first-order valence-corrected chi connectivity index (χ1v) is 9.08. The summed E-state index contributed by atoms with van der Waals surface area (Å²) in [6.45, 7) is 0.132. The number of aliphatic imine (C=N–C) groups is 1. The Morgan fingerprint density at radius 1 is 1.40 bits per heavy atom. The van der Waals surface area contributed by atoms with E-state index in [4.69, 9.17) is 0 Å². The van der Waals surface area contributed by atoms with Crippen molar-refractivity contribution in [1.82, 2.24) is 24.7 Å². The molecule has 2 N–H and O–H groups in total. The Kier molecular flexibility index (Phi) is 5.93. The number of hydrogen-bond donors (Lipinski definition) is 2. The molecule has 0 radical (unpaired) electrons. The molecule has 1 saturated heterocycles. The van der Waals surface area contributed by atoms with Crippen LogP contribution in [0.5, 0.6) is 0 Å². The average Bonchev–Trinajstić information content (AvgIpc) is 2.96. The van der Waals surface area contributed by atoms with Gasteiger partial charge in [-0.15, -0.1) is 0 Å². The Labute approximate surface area is 144 Å². The zero-order valence-corrected chi connectivity index (χ0v) is 14.7. The molecule has 0 unspecified atom stereocenters. The number of halogens is 3. The monoisotopic (exact) mass is 382 g/mol. The van der Waals surface area contributed by atoms with Crippen molar-refractivity contribution in [1.29, 1.82) is 0 Å². The molecule has 2 rings (SSSR count). The second-order valence-electron chi connectivity index (χ2n) is 5.72. The van der Waals surface area contributed by atoms with Crippen LogP contribution in [0.1, 0.15) is 18.4 Å². The van der Waals surface area contributed by atoms with Crippen molar-refractivity contribution < 1.29 is 21.6 Å². The van der Waals surface area contributed by atoms with Gasteiger partial charge in [0.1, 0.15) is 0 Å². The highest BCUT2D eigenvalue weighted by Crippen LogP contribution is 2.28. The van der Waals surface area contributed by atoms with Crippen molar-refractivity contribution in [2.24, 2.45) is 12.0 Å². The number of aromatic nitrogens is 2. The Morgan fingerprint density at radius 3 is 2.52 bits per heavy atom. The third-order valence-electron chi connectivity index (χ3n) is 3.87. The van der Waals surface area contributed by atoms with Gasteiger partial charge in [0.15, 0.2) is 5.96 Å². The molecule has 1 aromatic rings. The lowest BCUT2D eigenvalue weighted by Crippen LogP contribution is -2.51. The molecule has 0 atom stereocenters. The minimum absolute atomic E-state index is 0.153. The average molecular weight is 382 g/mol. The van der Waals surface area contributed by atoms with Crippen molar-refractivity contribution in [3.63, 3.8) is 0 Å². The van der Waals surface area contributed by atoms with Gasteiger partial charge < -0.3 is 10.6 Å². The molecule has 0 saturated carbocycles. The van der Waals surface area contributed by atoms with Gasteiger partial charge in [0.25, 0.3) is 0 Å². The molecule has 0 amide bonds. The number of sulfonamides is 1. The minimum atomic E-state index is -5.26. The summed E-state index contributed by atoms with van der Waals surface area (Å²) >= 11 is 0. The van der Waals surface area contributed by atoms with Crippen LogP contribution in [0, 0.1) is 0 Å². The van der Waals surface area contributed by atoms with E-state index >= 15 is 0 Å². The molecule has 1 fully saturated rings. The second-order valence-corrected chi connectivity index (χ2v) is 7.65. The summed E-state index contributed by atoms with van der Waals surface area (Å²) in [5, 5.41) is 10.2. The highest BCUT2D eigenvalue weighted by Gasteiger charge is 2.50. The topological polar surface area (TPSA) is 91.6 Å². The number of guanidine groups is 1. The zero-order chi connectivity index (χ0) is 18.7. The van der Waals surface area contributed by atoms with E-state index in [-0.39, 0.29) is 32.0 Å². The number of nitrogens with one attached hydrogen (secondary N) is 2. The van der Waals surface area contributed by atoms with Crippen LogP contribution in [0.2, 0.25) is 0 Å². The predicted octanol–water partition coefficient (Wildman–Crippen LogP) is 0.399. The fourth-order valence-electron chi connectivity index (χ4n) is 2.52. The normalized spacial score (nSPS) is 18.4. The SMILES string of the molecule is CN=C(NCc1cnn(C)c1)NC1CCN(S(=O)(=O)C(F)(F)F)CC1. The quantitative estimate of drug-likeness (QED) is 0.581. The first kappa shape index (κ1) is 19.5. The molecule has 2 heterocycles. The molecule has 1 aliphatic rings. The van der Waals surface area contributed by atoms with Crippen LogP contribution in [-0.2, 0) is 23.6 Å². The van der Waals surface area contributed by atoms with E-state index in [0.717, 1.165) is 5.56 Å². The number of hydrogen-bond acceptors (Lipinski definition) is 4. The van der Waals surface area contributed by atoms with Crippen LogP contribution in [-0.4, -0.2) is 60.2 Å². The third kappa shape index (κ3) is 4.84. The van der Waals surface area contributed by atoms with Crippen molar-refractivity contribution in [2.45, 2.75) is 30.9 Å². The summed E-state index contributed by atoms with van der Waals surface area (Å²) in [6, 6.07) is -0.153. The maximum atomic E-state index is 12.6. The molecular formula is C13H21F3N6O2S. The number of aryl methyl sites for hydroxylation is 1. The van der Waals surface area contributed by atoms with E-state index in [2.05, 4.69) is 20.7 Å². The summed E-state index contributed by atoms with van der Waals surface area (Å²) < 4.78 is 62.6. The van der Waals surface area contributed by atoms with E-state index in [9.17, 15) is 21.6 Å². The maximum Gasteiger partial charge on any atom is 0.511 e. The lowest BCUT2D eigenvalue weighted by molar-refractivity contribution is -0.0494. The second kappa shape index (κ2) is 7.60. The van der Waals surface area contributed by atoms with E-state index in [1.54, 1.807) is 25.0 Å². The van der Waals surface area contributed by atoms with E-state index < -0.39 is 15.5 Å². The van der Waals surface area contributed by atoms with Crippen molar-refractivity contribution in [3.8, 4) is 0 Å². The van der Waals surface area contributed by atoms with Crippen LogP contribution in [0.15, 0.2) is 17.4 Å². The summed E-state index contributed by atoms with van der Waals surface area (Å²) in [7, 11) is -1.86. The smallest absolute Gasteiger partial charge is 0.354 e. The van der Waals surface area contributed by atoms with Gasteiger partial charge in [0, 0.05) is 51.5 Å². The molecule has 142 valence electrons. The first-order chi connectivity index (χ1) is 11.6. The van der Waals surface area contributed by atoms with Crippen LogP contribution >= 0.6 is 0 Å². The van der Waals surface area contributed by atoms with E-state index in [1.807, 2.05) is 6.20 Å². The fraction of sp³-hybridized carbons (Fsp3) is 0.692. The maximum absolute atomic E-state index is 12.6. The molecule has 0 aromatic carbocycles. The van der Waals surface area contributed by atoms with Gasteiger partial charge in [-0.3, -0.25) is 9.67 Å². The third-order valence-corrected chi connectivity index (χ3v) is 5.50. The summed E-state index contributed by atoms with van der Waals surface area (Å²) in [6.07, 6.45) is 4.09. The molecular weight excluding hydrogens is 361 g/mol. The highest BCUT2D eigenvalue weighted by molar-refractivity contribution is 7.90. The lowest BCUT2D eigenvalue weighted by atomic mass is 10.1. The number of alkyl halides is 3. The van der Waals surface area contributed by atoms with Crippen molar-refractivity contribution in [2.75, 3.05) is 20.1 Å². The Balaban J connectivity index is 1.84. The highest BCUT2D eigenvalue weighted by atomic mass is 32.2. The van der Waals surface area contributed by atoms with Gasteiger partial charge in [-0.25, -0.2) is 8.42 Å². The summed E-state index contributed by atoms with van der Waals surface area (Å²) in [5.74, 6) is 0.501. The summed E-state index contributed by atoms with van der Waals surface area (Å²) in [4.78, 5) is 4.07. The molecule has 1 aromatic heterocycles. The van der Waals surface area contributed by atoms with Gasteiger partial charge >= 0.3 is 15.5 Å². The van der Waals surface area contributed by atoms with Gasteiger partial charge in [-0.2, -0.15) is 22.6 Å². The van der Waals surface area contributed by atoms with Gasteiger partial charge in [0.2, 0.25) is 0 Å². The molecule has 25 heavy (non-hydrogen) atoms. The largest absolute Gasteiger partial charge is 0.511 e. The molecule has 1 aliphatic heterocycles. The Morgan fingerprint density at radius 2 is 2.04 bits per heavy atom. The fourth-order valence-corrected chi connectivity index (χ4v) is 3.51. The standard InChI is InChI=1S/C13H21F3N6O2S/c1-17-12(18-7-10-8-19-21(2)9-10)20-11-3-5-22(6-4-11)25(23,24)13(14,15)16/h8-9,11H,3-7H2,1-2H3,(H2,17,18,20). The van der Waals surface area contributed by atoms with E-state index in [1.165, 1.54) is 0 Å². The van der Waals surface area contributed by atoms with Crippen molar-refractivity contribution in [3.05, 3.63) is 18.0 Å². The molecule has 0 bridgehead atoms. The van der Waals surface area contributed by atoms with E-state index in [0.29, 0.717) is 16.8 Å². The van der Waals surface area contributed by atoms with Gasteiger partial charge in [-0.1, -0.05) is 0 Å². The van der Waals surface area contributed by atoms with Crippen LogP contribution < -0.4 is 10.6 Å². The minimum Gasteiger partial charge on any atom is -0.354 e. The first-order valence-electron chi connectivity index (χ1n) is 7.64. The molecule has 12 heteroatoms. The summed E-state index contributed by atoms with van der Waals surface area (Å²) in [5.41, 5.74) is -4.30. The van der Waals surface area contributed by atoms with Gasteiger partial charge in [-0.05, 0) is 12.8 Å². The predicted molar refractivity (Wildman–Crippen MR) is 86.1 cm³/mol. The molecule has 0 spiro atoms. The van der Waals surface area contributed by atoms with Crippen LogP contribution in [0.3, 0.4) is 0 Å².